The third-order valence-electron chi connectivity index (χ3n) is 5.50. The number of fused-ring (bicyclic) bond motifs is 2. The summed E-state index contributed by atoms with van der Waals surface area (Å²) in [7, 11) is 0. The van der Waals surface area contributed by atoms with Crippen molar-refractivity contribution < 1.29 is 14.4 Å². The van der Waals surface area contributed by atoms with Crippen molar-refractivity contribution in [1.82, 2.24) is 9.80 Å². The van der Waals surface area contributed by atoms with E-state index in [1.165, 1.54) is 25.7 Å². The molecule has 5 nitrogen and oxygen atoms in total. The zero-order valence-electron chi connectivity index (χ0n) is 13.0. The van der Waals surface area contributed by atoms with Crippen LogP contribution in [0.15, 0.2) is 24.3 Å². The Labute approximate surface area is 135 Å². The van der Waals surface area contributed by atoms with Gasteiger partial charge in [0.25, 0.3) is 11.8 Å². The molecule has 0 aromatic heterocycles. The lowest BCUT2D eigenvalue weighted by Crippen LogP contribution is -2.42. The summed E-state index contributed by atoms with van der Waals surface area (Å²) < 4.78 is 0. The van der Waals surface area contributed by atoms with Gasteiger partial charge >= 0.3 is 0 Å². The zero-order valence-corrected chi connectivity index (χ0v) is 13.0. The number of carbonyl (C=O) groups excluding carboxylic acids is 3. The summed E-state index contributed by atoms with van der Waals surface area (Å²) >= 11 is 0. The minimum Gasteiger partial charge on any atom is -0.341 e. The molecule has 3 aliphatic rings. The van der Waals surface area contributed by atoms with Gasteiger partial charge < -0.3 is 4.90 Å². The van der Waals surface area contributed by atoms with Crippen LogP contribution in [0.1, 0.15) is 46.4 Å². The first-order valence-electron chi connectivity index (χ1n) is 8.38. The van der Waals surface area contributed by atoms with Crippen molar-refractivity contribution in [3.8, 4) is 0 Å². The average molecular weight is 312 g/mol. The summed E-state index contributed by atoms with van der Waals surface area (Å²) in [6, 6.07) is 6.76. The number of benzene rings is 1. The lowest BCUT2D eigenvalue weighted by atomic mass is 9.82. The highest BCUT2D eigenvalue weighted by Gasteiger charge is 2.40. The molecule has 0 bridgehead atoms. The van der Waals surface area contributed by atoms with Crippen molar-refractivity contribution in [2.24, 2.45) is 11.8 Å². The van der Waals surface area contributed by atoms with Gasteiger partial charge in [0, 0.05) is 13.1 Å². The van der Waals surface area contributed by atoms with Crippen molar-refractivity contribution in [2.75, 3.05) is 19.6 Å². The predicted molar refractivity (Wildman–Crippen MR) is 83.8 cm³/mol. The number of hydrogen-bond donors (Lipinski definition) is 0. The van der Waals surface area contributed by atoms with E-state index in [0.29, 0.717) is 23.0 Å². The SMILES string of the molecule is O=C(CN1C(=O)c2ccccc2C1=O)N1CC2CCCCC2C1. The van der Waals surface area contributed by atoms with Crippen molar-refractivity contribution in [3.63, 3.8) is 0 Å². The fourth-order valence-corrected chi connectivity index (χ4v) is 4.23. The van der Waals surface area contributed by atoms with Gasteiger partial charge in [0.15, 0.2) is 0 Å². The molecule has 2 aliphatic heterocycles. The van der Waals surface area contributed by atoms with E-state index in [2.05, 4.69) is 0 Å². The van der Waals surface area contributed by atoms with Crippen LogP contribution in [-0.4, -0.2) is 47.2 Å². The smallest absolute Gasteiger partial charge is 0.262 e. The number of imide groups is 1. The minimum absolute atomic E-state index is 0.103. The van der Waals surface area contributed by atoms with Crippen LogP contribution in [0.25, 0.3) is 0 Å². The highest BCUT2D eigenvalue weighted by Crippen LogP contribution is 2.36. The molecule has 1 aliphatic carbocycles. The Kier molecular flexibility index (Phi) is 3.43. The molecule has 23 heavy (non-hydrogen) atoms. The van der Waals surface area contributed by atoms with Crippen LogP contribution in [0.5, 0.6) is 0 Å². The lowest BCUT2D eigenvalue weighted by Gasteiger charge is -2.22. The maximum Gasteiger partial charge on any atom is 0.262 e. The van der Waals surface area contributed by atoms with Crippen LogP contribution in [0.4, 0.5) is 0 Å². The van der Waals surface area contributed by atoms with Crippen molar-refractivity contribution >= 4 is 17.7 Å². The van der Waals surface area contributed by atoms with Gasteiger partial charge in [-0.15, -0.1) is 0 Å². The largest absolute Gasteiger partial charge is 0.341 e. The molecule has 1 saturated carbocycles. The fraction of sp³-hybridized carbons (Fsp3) is 0.500. The van der Waals surface area contributed by atoms with Crippen LogP contribution in [0.2, 0.25) is 0 Å². The molecule has 2 unspecified atom stereocenters. The van der Waals surface area contributed by atoms with Crippen molar-refractivity contribution in [3.05, 3.63) is 35.4 Å². The second-order valence-electron chi connectivity index (χ2n) is 6.85. The summed E-state index contributed by atoms with van der Waals surface area (Å²) in [5.74, 6) is 0.407. The second-order valence-corrected chi connectivity index (χ2v) is 6.85. The zero-order chi connectivity index (χ0) is 16.0. The van der Waals surface area contributed by atoms with E-state index in [1.54, 1.807) is 24.3 Å². The topological polar surface area (TPSA) is 57.7 Å². The van der Waals surface area contributed by atoms with Crippen LogP contribution < -0.4 is 0 Å². The van der Waals surface area contributed by atoms with Gasteiger partial charge in [-0.25, -0.2) is 0 Å². The van der Waals surface area contributed by atoms with Gasteiger partial charge in [-0.1, -0.05) is 25.0 Å². The lowest BCUT2D eigenvalue weighted by molar-refractivity contribution is -0.130. The Morgan fingerprint density at radius 3 is 2.00 bits per heavy atom. The highest BCUT2D eigenvalue weighted by atomic mass is 16.2. The fourth-order valence-electron chi connectivity index (χ4n) is 4.23. The van der Waals surface area contributed by atoms with Crippen LogP contribution >= 0.6 is 0 Å². The minimum atomic E-state index is -0.351. The number of rotatable bonds is 2. The maximum atomic E-state index is 12.6. The first-order valence-corrected chi connectivity index (χ1v) is 8.38. The van der Waals surface area contributed by atoms with Gasteiger partial charge in [-0.05, 0) is 36.8 Å². The molecule has 0 N–H and O–H groups in total. The van der Waals surface area contributed by atoms with Crippen molar-refractivity contribution in [2.45, 2.75) is 25.7 Å². The molecule has 5 heteroatoms. The summed E-state index contributed by atoms with van der Waals surface area (Å²) in [6.07, 6.45) is 4.89. The molecule has 2 fully saturated rings. The molecule has 4 rings (SSSR count). The number of carbonyl (C=O) groups is 3. The van der Waals surface area contributed by atoms with E-state index in [-0.39, 0.29) is 24.3 Å². The normalized spacial score (nSPS) is 26.4. The monoisotopic (exact) mass is 312 g/mol. The van der Waals surface area contributed by atoms with E-state index in [1.807, 2.05) is 4.90 Å². The Morgan fingerprint density at radius 1 is 0.957 bits per heavy atom. The van der Waals surface area contributed by atoms with Crippen LogP contribution in [-0.2, 0) is 4.79 Å². The second kappa shape index (κ2) is 5.48. The third-order valence-corrected chi connectivity index (χ3v) is 5.50. The standard InChI is InChI=1S/C18H20N2O3/c21-16(19-9-12-5-1-2-6-13(12)10-19)11-20-17(22)14-7-3-4-8-15(14)18(20)23/h3-4,7-8,12-13H,1-2,5-6,9-11H2. The Hall–Kier alpha value is -2.17. The Bertz CT molecular complexity index is 636. The van der Waals surface area contributed by atoms with E-state index in [9.17, 15) is 14.4 Å². The van der Waals surface area contributed by atoms with Gasteiger partial charge in [0.2, 0.25) is 5.91 Å². The number of hydrogen-bond acceptors (Lipinski definition) is 3. The summed E-state index contributed by atoms with van der Waals surface area (Å²) in [6.45, 7) is 1.44. The quantitative estimate of drug-likeness (QED) is 0.784. The number of likely N-dealkylation sites (tertiary alicyclic amines) is 1. The number of amides is 3. The molecule has 1 aromatic rings. The molecule has 120 valence electrons. The van der Waals surface area contributed by atoms with Crippen LogP contribution in [0, 0.1) is 11.8 Å². The van der Waals surface area contributed by atoms with Gasteiger partial charge in [-0.2, -0.15) is 0 Å². The molecule has 1 saturated heterocycles. The highest BCUT2D eigenvalue weighted by molar-refractivity contribution is 6.22. The molecular formula is C18H20N2O3. The van der Waals surface area contributed by atoms with E-state index in [0.717, 1.165) is 18.0 Å². The number of nitrogens with zero attached hydrogens (tertiary/aromatic N) is 2. The summed E-state index contributed by atoms with van der Waals surface area (Å²) in [5, 5.41) is 0. The average Bonchev–Trinajstić information content (AvgIpc) is 3.11. The molecule has 3 amide bonds. The van der Waals surface area contributed by atoms with Gasteiger partial charge in [-0.3, -0.25) is 19.3 Å². The first-order chi connectivity index (χ1) is 11.1. The van der Waals surface area contributed by atoms with Gasteiger partial charge in [0.1, 0.15) is 6.54 Å². The molecule has 2 atom stereocenters. The Morgan fingerprint density at radius 2 is 1.48 bits per heavy atom. The van der Waals surface area contributed by atoms with E-state index >= 15 is 0 Å². The van der Waals surface area contributed by atoms with E-state index < -0.39 is 0 Å². The molecular weight excluding hydrogens is 292 g/mol. The third kappa shape index (κ3) is 2.35. The summed E-state index contributed by atoms with van der Waals surface area (Å²) in [5.41, 5.74) is 0.806. The van der Waals surface area contributed by atoms with Crippen LogP contribution in [0.3, 0.4) is 0 Å². The Balaban J connectivity index is 1.46. The molecule has 2 heterocycles. The molecule has 0 spiro atoms. The van der Waals surface area contributed by atoms with Crippen molar-refractivity contribution in [1.29, 1.82) is 0 Å². The molecule has 0 radical (unpaired) electrons. The van der Waals surface area contributed by atoms with Gasteiger partial charge in [0.05, 0.1) is 11.1 Å². The van der Waals surface area contributed by atoms with E-state index in [4.69, 9.17) is 0 Å². The summed E-state index contributed by atoms with van der Waals surface area (Å²) in [4.78, 5) is 40.2. The maximum absolute atomic E-state index is 12.6. The first kappa shape index (κ1) is 14.4. The molecule has 1 aromatic carbocycles. The predicted octanol–water partition coefficient (Wildman–Crippen LogP) is 1.93.